The highest BCUT2D eigenvalue weighted by molar-refractivity contribution is 6.32. The summed E-state index contributed by atoms with van der Waals surface area (Å²) < 4.78 is 0. The van der Waals surface area contributed by atoms with Crippen molar-refractivity contribution in [2.24, 2.45) is 0 Å². The van der Waals surface area contributed by atoms with Crippen LogP contribution in [0, 0.1) is 11.3 Å². The molecule has 0 saturated heterocycles. The number of benzene rings is 2. The summed E-state index contributed by atoms with van der Waals surface area (Å²) in [5.74, 6) is -0.196. The van der Waals surface area contributed by atoms with Crippen LogP contribution in [0.4, 0.5) is 5.69 Å². The highest BCUT2D eigenvalue weighted by Crippen LogP contribution is 2.30. The minimum absolute atomic E-state index is 0.108. The Morgan fingerprint density at radius 1 is 1.12 bits per heavy atom. The first kappa shape index (κ1) is 16.1. The van der Waals surface area contributed by atoms with E-state index in [1.165, 1.54) is 0 Å². The number of hydrogen-bond donors (Lipinski definition) is 0. The van der Waals surface area contributed by atoms with E-state index in [4.69, 9.17) is 16.9 Å². The fourth-order valence-corrected chi connectivity index (χ4v) is 2.99. The van der Waals surface area contributed by atoms with E-state index < -0.39 is 5.50 Å². The van der Waals surface area contributed by atoms with Crippen LogP contribution < -0.4 is 4.90 Å². The number of anilines is 1. The Morgan fingerprint density at radius 2 is 1.88 bits per heavy atom. The first-order valence-electron chi connectivity index (χ1n) is 7.60. The number of amides is 1. The van der Waals surface area contributed by atoms with Crippen LogP contribution in [0.1, 0.15) is 24.1 Å². The molecular weight excluding hydrogens is 322 g/mol. The molecule has 0 bridgehead atoms. The molecule has 1 aliphatic heterocycles. The highest BCUT2D eigenvalue weighted by Gasteiger charge is 2.33. The van der Waals surface area contributed by atoms with Gasteiger partial charge in [-0.15, -0.1) is 0 Å². The molecule has 2 atom stereocenters. The lowest BCUT2D eigenvalue weighted by Gasteiger charge is -2.36. The van der Waals surface area contributed by atoms with Crippen LogP contribution in [-0.2, 0) is 4.79 Å². The average molecular weight is 338 g/mol. The van der Waals surface area contributed by atoms with Crippen LogP contribution in [0.5, 0.6) is 0 Å². The summed E-state index contributed by atoms with van der Waals surface area (Å²) in [6.45, 7) is 1.97. The molecule has 0 aromatic heterocycles. The van der Waals surface area contributed by atoms with Crippen molar-refractivity contribution in [1.82, 2.24) is 4.90 Å². The van der Waals surface area contributed by atoms with Gasteiger partial charge in [0.1, 0.15) is 0 Å². The van der Waals surface area contributed by atoms with E-state index in [2.05, 4.69) is 6.07 Å². The number of hydrogen-bond acceptors (Lipinski definition) is 3. The van der Waals surface area contributed by atoms with Gasteiger partial charge in [0.05, 0.1) is 17.7 Å². The van der Waals surface area contributed by atoms with Gasteiger partial charge in [0.25, 0.3) is 5.91 Å². The number of carbonyl (C=O) groups excluding carboxylic acids is 1. The van der Waals surface area contributed by atoms with Crippen molar-refractivity contribution in [2.75, 3.05) is 4.90 Å². The summed E-state index contributed by atoms with van der Waals surface area (Å²) in [4.78, 5) is 16.0. The van der Waals surface area contributed by atoms with E-state index in [0.29, 0.717) is 11.3 Å². The Kier molecular flexibility index (Phi) is 4.54. The molecule has 1 aliphatic rings. The molecule has 120 valence electrons. The van der Waals surface area contributed by atoms with Crippen LogP contribution in [0.15, 0.2) is 67.0 Å². The van der Waals surface area contributed by atoms with E-state index in [1.54, 1.807) is 40.4 Å². The zero-order chi connectivity index (χ0) is 17.1. The van der Waals surface area contributed by atoms with Crippen LogP contribution in [-0.4, -0.2) is 16.3 Å². The number of carbonyl (C=O) groups is 1. The van der Waals surface area contributed by atoms with Gasteiger partial charge >= 0.3 is 0 Å². The summed E-state index contributed by atoms with van der Waals surface area (Å²) in [5, 5.41) is 9.02. The lowest BCUT2D eigenvalue weighted by molar-refractivity contribution is -0.130. The lowest BCUT2D eigenvalue weighted by atomic mass is 10.1. The molecule has 2 unspecified atom stereocenters. The fourth-order valence-electron chi connectivity index (χ4n) is 2.70. The van der Waals surface area contributed by atoms with Gasteiger partial charge in [-0.1, -0.05) is 48.0 Å². The molecule has 4 nitrogen and oxygen atoms in total. The Hall–Kier alpha value is -2.77. The fraction of sp³-hybridized carbons (Fsp3) is 0.158. The third-order valence-electron chi connectivity index (χ3n) is 4.06. The van der Waals surface area contributed by atoms with Crippen molar-refractivity contribution in [2.45, 2.75) is 18.5 Å². The van der Waals surface area contributed by atoms with Gasteiger partial charge in [-0.05, 0) is 30.7 Å². The number of halogens is 1. The Morgan fingerprint density at radius 3 is 2.58 bits per heavy atom. The van der Waals surface area contributed by atoms with E-state index in [-0.39, 0.29) is 11.9 Å². The SMILES string of the molecule is CC(c1ccccc1)N1C=CN(c2cccc(C#N)c2)C(Cl)C1=O. The zero-order valence-electron chi connectivity index (χ0n) is 13.1. The van der Waals surface area contributed by atoms with E-state index in [9.17, 15) is 4.79 Å². The van der Waals surface area contributed by atoms with Crippen LogP contribution in [0.25, 0.3) is 0 Å². The van der Waals surface area contributed by atoms with Gasteiger partial charge in [-0.25, -0.2) is 0 Å². The van der Waals surface area contributed by atoms with Crippen molar-refractivity contribution in [3.05, 3.63) is 78.1 Å². The molecule has 0 radical (unpaired) electrons. The molecule has 1 amide bonds. The van der Waals surface area contributed by atoms with Gasteiger partial charge in [0.15, 0.2) is 5.50 Å². The molecule has 0 fully saturated rings. The van der Waals surface area contributed by atoms with Crippen LogP contribution in [0.3, 0.4) is 0 Å². The van der Waals surface area contributed by atoms with Crippen molar-refractivity contribution in [3.8, 4) is 6.07 Å². The molecule has 2 aromatic carbocycles. The molecule has 5 heteroatoms. The standard InChI is InChI=1S/C19H16ClN3O/c1-14(16-7-3-2-4-8-16)22-10-11-23(18(20)19(22)24)17-9-5-6-15(12-17)13-21/h2-12,14,18H,1H3. The topological polar surface area (TPSA) is 47.3 Å². The zero-order valence-corrected chi connectivity index (χ0v) is 13.9. The number of nitriles is 1. The second-order valence-electron chi connectivity index (χ2n) is 5.54. The third kappa shape index (κ3) is 2.99. The van der Waals surface area contributed by atoms with E-state index in [1.807, 2.05) is 43.3 Å². The van der Waals surface area contributed by atoms with Crippen molar-refractivity contribution in [3.63, 3.8) is 0 Å². The Bertz CT molecular complexity index is 813. The predicted molar refractivity (Wildman–Crippen MR) is 94.1 cm³/mol. The summed E-state index contributed by atoms with van der Waals surface area (Å²) >= 11 is 6.39. The van der Waals surface area contributed by atoms with Crippen molar-refractivity contribution in [1.29, 1.82) is 5.26 Å². The number of nitrogens with zero attached hydrogens (tertiary/aromatic N) is 3. The van der Waals surface area contributed by atoms with E-state index in [0.717, 1.165) is 5.56 Å². The number of alkyl halides is 1. The largest absolute Gasteiger partial charge is 0.321 e. The minimum Gasteiger partial charge on any atom is -0.321 e. The average Bonchev–Trinajstić information content (AvgIpc) is 2.64. The van der Waals surface area contributed by atoms with Crippen molar-refractivity contribution >= 4 is 23.2 Å². The maximum absolute atomic E-state index is 12.7. The summed E-state index contributed by atoms with van der Waals surface area (Å²) in [7, 11) is 0. The van der Waals surface area contributed by atoms with E-state index >= 15 is 0 Å². The summed E-state index contributed by atoms with van der Waals surface area (Å²) in [6.07, 6.45) is 3.51. The normalized spacial score (nSPS) is 18.4. The molecule has 3 rings (SSSR count). The molecule has 24 heavy (non-hydrogen) atoms. The van der Waals surface area contributed by atoms with Gasteiger partial charge in [0, 0.05) is 18.1 Å². The minimum atomic E-state index is -0.852. The number of rotatable bonds is 3. The maximum Gasteiger partial charge on any atom is 0.265 e. The molecule has 0 N–H and O–H groups in total. The van der Waals surface area contributed by atoms with Crippen LogP contribution in [0.2, 0.25) is 0 Å². The van der Waals surface area contributed by atoms with Gasteiger partial charge in [-0.2, -0.15) is 5.26 Å². The quantitative estimate of drug-likeness (QED) is 0.628. The van der Waals surface area contributed by atoms with Gasteiger partial charge in [-0.3, -0.25) is 4.79 Å². The third-order valence-corrected chi connectivity index (χ3v) is 4.46. The smallest absolute Gasteiger partial charge is 0.265 e. The Balaban J connectivity index is 1.88. The Labute approximate surface area is 146 Å². The van der Waals surface area contributed by atoms with Gasteiger partial charge in [0.2, 0.25) is 0 Å². The van der Waals surface area contributed by atoms with Crippen LogP contribution >= 0.6 is 11.6 Å². The molecular formula is C19H16ClN3O. The maximum atomic E-state index is 12.7. The molecule has 0 aliphatic carbocycles. The first-order valence-corrected chi connectivity index (χ1v) is 8.03. The summed E-state index contributed by atoms with van der Waals surface area (Å²) in [6, 6.07) is 18.8. The monoisotopic (exact) mass is 337 g/mol. The molecule has 1 heterocycles. The second kappa shape index (κ2) is 6.77. The lowest BCUT2D eigenvalue weighted by Crippen LogP contribution is -2.46. The first-order chi connectivity index (χ1) is 11.6. The summed E-state index contributed by atoms with van der Waals surface area (Å²) in [5.41, 5.74) is 1.43. The highest BCUT2D eigenvalue weighted by atomic mass is 35.5. The molecule has 0 spiro atoms. The second-order valence-corrected chi connectivity index (χ2v) is 5.95. The predicted octanol–water partition coefficient (Wildman–Crippen LogP) is 4.00. The van der Waals surface area contributed by atoms with Gasteiger partial charge < -0.3 is 9.80 Å². The molecule has 2 aromatic rings. The molecule has 0 saturated carbocycles. The van der Waals surface area contributed by atoms with Crippen molar-refractivity contribution < 1.29 is 4.79 Å².